The summed E-state index contributed by atoms with van der Waals surface area (Å²) in [5, 5.41) is 6.08. The molecule has 0 aromatic carbocycles. The molecule has 1 N–H and O–H groups in total. The van der Waals surface area contributed by atoms with Crippen molar-refractivity contribution in [3.63, 3.8) is 0 Å². The molecule has 0 aliphatic heterocycles. The van der Waals surface area contributed by atoms with E-state index in [-0.39, 0.29) is 18.0 Å². The van der Waals surface area contributed by atoms with E-state index in [1.54, 1.807) is 12.1 Å². The fourth-order valence-electron chi connectivity index (χ4n) is 0.995. The second-order valence-electron chi connectivity index (χ2n) is 2.51. The Labute approximate surface area is 73.8 Å². The van der Waals surface area contributed by atoms with Gasteiger partial charge in [-0.15, -0.1) is 0 Å². The quantitative estimate of drug-likeness (QED) is 0.704. The lowest BCUT2D eigenvalue weighted by atomic mass is 10.2. The number of carbonyl (C=O) groups excluding carboxylic acids is 1. The number of hydrogen-bond acceptors (Lipinski definition) is 4. The Balaban J connectivity index is 2.08. The number of aromatic amines is 1. The maximum atomic E-state index is 11.4. The maximum Gasteiger partial charge on any atom is 0.207 e. The highest BCUT2D eigenvalue weighted by Gasteiger charge is 2.10. The van der Waals surface area contributed by atoms with Crippen LogP contribution in [0, 0.1) is 0 Å². The molecule has 0 spiro atoms. The summed E-state index contributed by atoms with van der Waals surface area (Å²) in [7, 11) is 0. The highest BCUT2D eigenvalue weighted by Crippen LogP contribution is 2.03. The van der Waals surface area contributed by atoms with Gasteiger partial charge in [-0.3, -0.25) is 9.89 Å². The number of ketones is 1. The highest BCUT2D eigenvalue weighted by atomic mass is 16.3. The number of rotatable bonds is 3. The van der Waals surface area contributed by atoms with Crippen LogP contribution in [0.15, 0.2) is 29.1 Å². The molecule has 2 aromatic rings. The van der Waals surface area contributed by atoms with Gasteiger partial charge in [0.25, 0.3) is 0 Å². The van der Waals surface area contributed by atoms with Crippen molar-refractivity contribution in [2.45, 2.75) is 6.42 Å². The van der Waals surface area contributed by atoms with Crippen LogP contribution >= 0.6 is 0 Å². The van der Waals surface area contributed by atoms with Gasteiger partial charge in [-0.2, -0.15) is 5.10 Å². The van der Waals surface area contributed by atoms with Gasteiger partial charge in [-0.1, -0.05) is 0 Å². The Bertz CT molecular complexity index is 377. The van der Waals surface area contributed by atoms with Crippen LogP contribution in [0.4, 0.5) is 0 Å². The van der Waals surface area contributed by atoms with E-state index in [9.17, 15) is 4.79 Å². The highest BCUT2D eigenvalue weighted by molar-refractivity contribution is 5.93. The molecule has 2 heterocycles. The van der Waals surface area contributed by atoms with Crippen LogP contribution in [-0.2, 0) is 6.42 Å². The molecule has 2 aromatic heterocycles. The third-order valence-electron chi connectivity index (χ3n) is 1.59. The molecule has 0 atom stereocenters. The van der Waals surface area contributed by atoms with Gasteiger partial charge in [0.15, 0.2) is 5.82 Å². The van der Waals surface area contributed by atoms with Gasteiger partial charge >= 0.3 is 0 Å². The van der Waals surface area contributed by atoms with E-state index in [4.69, 9.17) is 4.42 Å². The number of Topliss-reactive ketones (excluding diaryl/α,β-unsaturated/α-hetero) is 1. The first kappa shape index (κ1) is 7.72. The molecule has 13 heavy (non-hydrogen) atoms. The van der Waals surface area contributed by atoms with Gasteiger partial charge in [0.2, 0.25) is 5.78 Å². The zero-order valence-electron chi connectivity index (χ0n) is 6.73. The molecule has 66 valence electrons. The first-order valence-corrected chi connectivity index (χ1v) is 3.77. The smallest absolute Gasteiger partial charge is 0.207 e. The summed E-state index contributed by atoms with van der Waals surface area (Å²) in [5.74, 6) is 0.755. The molecule has 0 fully saturated rings. The van der Waals surface area contributed by atoms with Crippen molar-refractivity contribution in [3.8, 4) is 0 Å². The van der Waals surface area contributed by atoms with Gasteiger partial charge in [-0.25, -0.2) is 4.98 Å². The minimum Gasteiger partial charge on any atom is -0.469 e. The number of furan rings is 1. The molecule has 0 saturated carbocycles. The summed E-state index contributed by atoms with van der Waals surface area (Å²) in [6.07, 6.45) is 3.04. The molecule has 5 heteroatoms. The normalized spacial score (nSPS) is 10.2. The zero-order valence-corrected chi connectivity index (χ0v) is 6.73. The molecule has 0 unspecified atom stereocenters. The van der Waals surface area contributed by atoms with Crippen molar-refractivity contribution in [2.75, 3.05) is 0 Å². The average Bonchev–Trinajstić information content (AvgIpc) is 2.74. The van der Waals surface area contributed by atoms with Gasteiger partial charge in [0, 0.05) is 0 Å². The fraction of sp³-hybridized carbons (Fsp3) is 0.125. The van der Waals surface area contributed by atoms with Crippen molar-refractivity contribution in [3.05, 3.63) is 36.3 Å². The molecule has 0 aliphatic carbocycles. The van der Waals surface area contributed by atoms with E-state index in [1.807, 2.05) is 0 Å². The Morgan fingerprint density at radius 1 is 1.62 bits per heavy atom. The van der Waals surface area contributed by atoms with E-state index in [0.717, 1.165) is 0 Å². The van der Waals surface area contributed by atoms with Gasteiger partial charge in [-0.05, 0) is 12.1 Å². The van der Waals surface area contributed by atoms with Crippen molar-refractivity contribution >= 4 is 5.78 Å². The summed E-state index contributed by atoms with van der Waals surface area (Å²) in [4.78, 5) is 15.1. The maximum absolute atomic E-state index is 11.4. The first-order valence-electron chi connectivity index (χ1n) is 3.77. The fourth-order valence-corrected chi connectivity index (χ4v) is 0.995. The predicted molar refractivity (Wildman–Crippen MR) is 43.1 cm³/mol. The van der Waals surface area contributed by atoms with Crippen molar-refractivity contribution in [1.82, 2.24) is 15.2 Å². The van der Waals surface area contributed by atoms with Crippen LogP contribution in [0.5, 0.6) is 0 Å². The number of hydrogen-bond donors (Lipinski definition) is 1. The summed E-state index contributed by atoms with van der Waals surface area (Å²) in [6.45, 7) is 0. The Morgan fingerprint density at radius 2 is 2.54 bits per heavy atom. The summed E-state index contributed by atoms with van der Waals surface area (Å²) in [5.41, 5.74) is 0. The molecule has 2 rings (SSSR count). The van der Waals surface area contributed by atoms with Crippen LogP contribution in [0.3, 0.4) is 0 Å². The van der Waals surface area contributed by atoms with Gasteiger partial charge in [0.1, 0.15) is 12.1 Å². The van der Waals surface area contributed by atoms with Crippen molar-refractivity contribution < 1.29 is 9.21 Å². The summed E-state index contributed by atoms with van der Waals surface area (Å²) in [6, 6.07) is 3.48. The van der Waals surface area contributed by atoms with E-state index in [2.05, 4.69) is 15.2 Å². The largest absolute Gasteiger partial charge is 0.469 e. The monoisotopic (exact) mass is 177 g/mol. The van der Waals surface area contributed by atoms with Gasteiger partial charge in [0.05, 0.1) is 12.7 Å². The van der Waals surface area contributed by atoms with Crippen LogP contribution in [-0.4, -0.2) is 21.0 Å². The second-order valence-corrected chi connectivity index (χ2v) is 2.51. The van der Waals surface area contributed by atoms with E-state index in [0.29, 0.717) is 5.76 Å². The number of carbonyl (C=O) groups is 1. The van der Waals surface area contributed by atoms with Crippen LogP contribution in [0.25, 0.3) is 0 Å². The molecule has 0 radical (unpaired) electrons. The number of aromatic nitrogens is 3. The molecular formula is C8H7N3O2. The summed E-state index contributed by atoms with van der Waals surface area (Å²) >= 11 is 0. The van der Waals surface area contributed by atoms with Crippen molar-refractivity contribution in [1.29, 1.82) is 0 Å². The first-order chi connectivity index (χ1) is 6.36. The second kappa shape index (κ2) is 3.22. The van der Waals surface area contributed by atoms with E-state index in [1.165, 1.54) is 12.6 Å². The lowest BCUT2D eigenvalue weighted by Crippen LogP contribution is -2.04. The third-order valence-corrected chi connectivity index (χ3v) is 1.59. The molecule has 0 amide bonds. The lowest BCUT2D eigenvalue weighted by Gasteiger charge is -1.91. The van der Waals surface area contributed by atoms with Gasteiger partial charge < -0.3 is 4.42 Å². The van der Waals surface area contributed by atoms with E-state index < -0.39 is 0 Å². The molecular weight excluding hydrogens is 170 g/mol. The van der Waals surface area contributed by atoms with E-state index >= 15 is 0 Å². The van der Waals surface area contributed by atoms with Crippen molar-refractivity contribution in [2.24, 2.45) is 0 Å². The number of nitrogens with one attached hydrogen (secondary N) is 1. The summed E-state index contributed by atoms with van der Waals surface area (Å²) < 4.78 is 5.02. The lowest BCUT2D eigenvalue weighted by molar-refractivity contribution is 0.0977. The minimum absolute atomic E-state index is 0.132. The number of H-pyrrole nitrogens is 1. The molecule has 0 aliphatic rings. The molecule has 0 bridgehead atoms. The predicted octanol–water partition coefficient (Wildman–Crippen LogP) is 0.823. The average molecular weight is 177 g/mol. The SMILES string of the molecule is O=C(Cc1ccco1)c1ncn[nH]1. The third kappa shape index (κ3) is 1.64. The van der Waals surface area contributed by atoms with Crippen LogP contribution in [0.2, 0.25) is 0 Å². The van der Waals surface area contributed by atoms with Crippen LogP contribution in [0.1, 0.15) is 16.4 Å². The van der Waals surface area contributed by atoms with Crippen LogP contribution < -0.4 is 0 Å². The Kier molecular flexibility index (Phi) is 1.91. The Hall–Kier alpha value is -1.91. The standard InChI is InChI=1S/C8H7N3O2/c12-7(8-9-5-10-11-8)4-6-2-1-3-13-6/h1-3,5H,4H2,(H,9,10,11). The zero-order chi connectivity index (χ0) is 9.10. The Morgan fingerprint density at radius 3 is 3.15 bits per heavy atom. The molecule has 5 nitrogen and oxygen atoms in total. The minimum atomic E-state index is -0.132. The molecule has 0 saturated heterocycles. The number of nitrogens with zero attached hydrogens (tertiary/aromatic N) is 2. The topological polar surface area (TPSA) is 71.8 Å².